The molecule has 0 saturated heterocycles. The van der Waals surface area contributed by atoms with E-state index in [-0.39, 0.29) is 6.42 Å². The van der Waals surface area contributed by atoms with Crippen molar-refractivity contribution in [1.29, 1.82) is 0 Å². The van der Waals surface area contributed by atoms with Crippen molar-refractivity contribution in [3.8, 4) is 0 Å². The highest BCUT2D eigenvalue weighted by molar-refractivity contribution is 5.17. The van der Waals surface area contributed by atoms with Gasteiger partial charge in [0.25, 0.3) is 0 Å². The largest absolute Gasteiger partial charge is 0.389 e. The lowest BCUT2D eigenvalue weighted by atomic mass is 9.93. The molecule has 2 unspecified atom stereocenters. The molecule has 0 radical (unpaired) electrons. The second-order valence-corrected chi connectivity index (χ2v) is 3.99. The van der Waals surface area contributed by atoms with Gasteiger partial charge in [0, 0.05) is 6.42 Å². The van der Waals surface area contributed by atoms with E-state index >= 15 is 0 Å². The van der Waals surface area contributed by atoms with Gasteiger partial charge in [-0.25, -0.2) is 0 Å². The van der Waals surface area contributed by atoms with Crippen LogP contribution < -0.4 is 0 Å². The molecule has 90 valence electrons. The maximum absolute atomic E-state index is 12.0. The Bertz CT molecular complexity index is 308. The molecule has 0 spiro atoms. The maximum atomic E-state index is 12.0. The first-order valence-corrected chi connectivity index (χ1v) is 5.20. The number of benzene rings is 1. The Morgan fingerprint density at radius 1 is 1.19 bits per heavy atom. The third-order valence-corrected chi connectivity index (χ3v) is 2.56. The van der Waals surface area contributed by atoms with Crippen molar-refractivity contribution in [2.45, 2.75) is 32.0 Å². The van der Waals surface area contributed by atoms with E-state index in [1.807, 2.05) is 0 Å². The van der Waals surface area contributed by atoms with Gasteiger partial charge in [-0.2, -0.15) is 13.2 Å². The van der Waals surface area contributed by atoms with Crippen LogP contribution in [0.3, 0.4) is 0 Å². The minimum Gasteiger partial charge on any atom is -0.388 e. The van der Waals surface area contributed by atoms with Gasteiger partial charge in [0.1, 0.15) is 0 Å². The fourth-order valence-electron chi connectivity index (χ4n) is 1.53. The highest BCUT2D eigenvalue weighted by Gasteiger charge is 2.29. The van der Waals surface area contributed by atoms with E-state index < -0.39 is 24.6 Å². The molecular weight excluding hydrogens is 217 g/mol. The summed E-state index contributed by atoms with van der Waals surface area (Å²) in [6.07, 6.45) is -5.88. The third kappa shape index (κ3) is 4.23. The maximum Gasteiger partial charge on any atom is 0.389 e. The predicted molar refractivity (Wildman–Crippen MR) is 55.9 cm³/mol. The van der Waals surface area contributed by atoms with E-state index in [1.54, 1.807) is 37.3 Å². The monoisotopic (exact) mass is 232 g/mol. The Morgan fingerprint density at radius 2 is 1.75 bits per heavy atom. The molecule has 1 aromatic carbocycles. The van der Waals surface area contributed by atoms with Gasteiger partial charge in [-0.1, -0.05) is 37.3 Å². The van der Waals surface area contributed by atoms with Crippen LogP contribution in [0.2, 0.25) is 0 Å². The molecule has 2 atom stereocenters. The van der Waals surface area contributed by atoms with Gasteiger partial charge in [-0.05, 0) is 17.9 Å². The van der Waals surface area contributed by atoms with E-state index in [2.05, 4.69) is 0 Å². The number of hydrogen-bond donors (Lipinski definition) is 1. The van der Waals surface area contributed by atoms with Gasteiger partial charge in [0.15, 0.2) is 0 Å². The molecule has 0 heterocycles. The lowest BCUT2D eigenvalue weighted by Crippen LogP contribution is -2.14. The van der Waals surface area contributed by atoms with Gasteiger partial charge < -0.3 is 5.11 Å². The highest BCUT2D eigenvalue weighted by Crippen LogP contribution is 2.30. The van der Waals surface area contributed by atoms with E-state index in [9.17, 15) is 18.3 Å². The molecule has 1 aromatic rings. The molecule has 1 N–H and O–H groups in total. The third-order valence-electron chi connectivity index (χ3n) is 2.56. The zero-order valence-electron chi connectivity index (χ0n) is 9.04. The van der Waals surface area contributed by atoms with Crippen LogP contribution in [0.25, 0.3) is 0 Å². The van der Waals surface area contributed by atoms with E-state index in [0.29, 0.717) is 5.56 Å². The van der Waals surface area contributed by atoms with Crippen LogP contribution in [0, 0.1) is 5.92 Å². The lowest BCUT2D eigenvalue weighted by molar-refractivity contribution is -0.139. The first-order valence-electron chi connectivity index (χ1n) is 5.20. The fourth-order valence-corrected chi connectivity index (χ4v) is 1.53. The number of hydrogen-bond acceptors (Lipinski definition) is 1. The Balaban J connectivity index is 2.52. The minimum atomic E-state index is -4.15. The summed E-state index contributed by atoms with van der Waals surface area (Å²) in [5.41, 5.74) is 0.664. The summed E-state index contributed by atoms with van der Waals surface area (Å²) in [6, 6.07) is 8.75. The second kappa shape index (κ2) is 5.34. The summed E-state index contributed by atoms with van der Waals surface area (Å²) in [6.45, 7) is 1.63. The Morgan fingerprint density at radius 3 is 2.25 bits per heavy atom. The quantitative estimate of drug-likeness (QED) is 0.839. The van der Waals surface area contributed by atoms with Gasteiger partial charge >= 0.3 is 6.18 Å². The molecule has 0 fully saturated rings. The first-order chi connectivity index (χ1) is 7.40. The Kier molecular flexibility index (Phi) is 4.35. The van der Waals surface area contributed by atoms with Crippen LogP contribution in [-0.4, -0.2) is 11.3 Å². The van der Waals surface area contributed by atoms with Crippen molar-refractivity contribution in [2.24, 2.45) is 5.92 Å². The zero-order chi connectivity index (χ0) is 12.2. The molecule has 0 saturated carbocycles. The standard InChI is InChI=1S/C12H15F3O/c1-9(7-8-12(13,14)15)11(16)10-5-3-2-4-6-10/h2-6,9,11,16H,7-8H2,1H3. The average Bonchev–Trinajstić information content (AvgIpc) is 2.25. The van der Waals surface area contributed by atoms with Crippen molar-refractivity contribution in [3.05, 3.63) is 35.9 Å². The molecule has 0 bridgehead atoms. The molecule has 0 aliphatic carbocycles. The van der Waals surface area contributed by atoms with Crippen LogP contribution in [0.1, 0.15) is 31.4 Å². The minimum absolute atomic E-state index is 0.0560. The lowest BCUT2D eigenvalue weighted by Gasteiger charge is -2.19. The van der Waals surface area contributed by atoms with Crippen molar-refractivity contribution in [2.75, 3.05) is 0 Å². The van der Waals surface area contributed by atoms with Crippen LogP contribution in [0.4, 0.5) is 13.2 Å². The summed E-state index contributed by atoms with van der Waals surface area (Å²) >= 11 is 0. The van der Waals surface area contributed by atoms with Crippen molar-refractivity contribution in [3.63, 3.8) is 0 Å². The number of alkyl halides is 3. The molecule has 4 heteroatoms. The van der Waals surface area contributed by atoms with Crippen LogP contribution in [-0.2, 0) is 0 Å². The predicted octanol–water partition coefficient (Wildman–Crippen LogP) is 3.70. The molecule has 1 nitrogen and oxygen atoms in total. The smallest absolute Gasteiger partial charge is 0.388 e. The van der Waals surface area contributed by atoms with E-state index in [1.165, 1.54) is 0 Å². The van der Waals surface area contributed by atoms with E-state index in [4.69, 9.17) is 0 Å². The molecule has 0 amide bonds. The topological polar surface area (TPSA) is 20.2 Å². The summed E-state index contributed by atoms with van der Waals surface area (Å²) in [5.74, 6) is -0.399. The SMILES string of the molecule is CC(CCC(F)(F)F)C(O)c1ccccc1. The number of aliphatic hydroxyl groups is 1. The van der Waals surface area contributed by atoms with Gasteiger partial charge in [0.05, 0.1) is 6.10 Å². The normalized spacial score (nSPS) is 15.8. The second-order valence-electron chi connectivity index (χ2n) is 3.99. The summed E-state index contributed by atoms with van der Waals surface area (Å²) in [4.78, 5) is 0. The molecule has 0 aromatic heterocycles. The van der Waals surface area contributed by atoms with Crippen LogP contribution >= 0.6 is 0 Å². The Hall–Kier alpha value is -1.03. The first kappa shape index (κ1) is 13.0. The number of halogens is 3. The van der Waals surface area contributed by atoms with Crippen molar-refractivity contribution in [1.82, 2.24) is 0 Å². The highest BCUT2D eigenvalue weighted by atomic mass is 19.4. The zero-order valence-corrected chi connectivity index (χ0v) is 9.04. The van der Waals surface area contributed by atoms with Gasteiger partial charge in [-0.3, -0.25) is 0 Å². The molecule has 0 aliphatic rings. The van der Waals surface area contributed by atoms with Crippen LogP contribution in [0.15, 0.2) is 30.3 Å². The average molecular weight is 232 g/mol. The molecule has 1 rings (SSSR count). The van der Waals surface area contributed by atoms with Gasteiger partial charge in [0.2, 0.25) is 0 Å². The van der Waals surface area contributed by atoms with Crippen LogP contribution in [0.5, 0.6) is 0 Å². The molecule has 0 aliphatic heterocycles. The fraction of sp³-hybridized carbons (Fsp3) is 0.500. The Labute approximate surface area is 92.9 Å². The summed E-state index contributed by atoms with van der Waals surface area (Å²) in [7, 11) is 0. The molecule has 16 heavy (non-hydrogen) atoms. The number of rotatable bonds is 4. The van der Waals surface area contributed by atoms with Gasteiger partial charge in [-0.15, -0.1) is 0 Å². The summed E-state index contributed by atoms with van der Waals surface area (Å²) in [5, 5.41) is 9.82. The van der Waals surface area contributed by atoms with E-state index in [0.717, 1.165) is 0 Å². The summed E-state index contributed by atoms with van der Waals surface area (Å²) < 4.78 is 36.0. The molecular formula is C12H15F3O. The van der Waals surface area contributed by atoms with Crippen molar-refractivity contribution >= 4 is 0 Å². The van der Waals surface area contributed by atoms with Crippen molar-refractivity contribution < 1.29 is 18.3 Å². The number of aliphatic hydroxyl groups excluding tert-OH is 1.